The normalized spacial score (nSPS) is 10.7. The van der Waals surface area contributed by atoms with Gasteiger partial charge in [0.05, 0.1) is 18.0 Å². The van der Waals surface area contributed by atoms with Crippen LogP contribution in [-0.2, 0) is 12.3 Å². The van der Waals surface area contributed by atoms with E-state index in [1.807, 2.05) is 18.4 Å². The number of hydrogen-bond donors (Lipinski definition) is 1. The van der Waals surface area contributed by atoms with Gasteiger partial charge in [-0.3, -0.25) is 0 Å². The van der Waals surface area contributed by atoms with Gasteiger partial charge in [0.25, 0.3) is 0 Å². The number of hydrogen-bond acceptors (Lipinski definition) is 3. The molecule has 0 bridgehead atoms. The lowest BCUT2D eigenvalue weighted by atomic mass is 10.2. The van der Waals surface area contributed by atoms with Gasteiger partial charge in [0.15, 0.2) is 0 Å². The largest absolute Gasteiger partial charge is 0.463 e. The van der Waals surface area contributed by atoms with Crippen molar-refractivity contribution in [1.29, 1.82) is 0 Å². The zero-order valence-electron chi connectivity index (χ0n) is 10.8. The summed E-state index contributed by atoms with van der Waals surface area (Å²) in [5.41, 5.74) is 0.439. The molecule has 2 aromatic rings. The number of thioether (sulfide) groups is 1. The van der Waals surface area contributed by atoms with Crippen LogP contribution in [0.15, 0.2) is 28.7 Å². The Bertz CT molecular complexity index is 569. The number of halogens is 2. The monoisotopic (exact) mass is 283 g/mol. The predicted octanol–water partition coefficient (Wildman–Crippen LogP) is 4.34. The van der Waals surface area contributed by atoms with E-state index in [0.29, 0.717) is 17.9 Å². The maximum absolute atomic E-state index is 13.6. The standard InChI is InChI=1S/C14H15F2NOS/c1-9-5-13(16)14(6-12(9)15)17-7-10-3-4-11(18-10)8-19-2/h3-6,17H,7-8H2,1-2H3. The average Bonchev–Trinajstić information content (AvgIpc) is 2.80. The summed E-state index contributed by atoms with van der Waals surface area (Å²) in [6, 6.07) is 6.07. The van der Waals surface area contributed by atoms with Crippen molar-refractivity contribution in [2.24, 2.45) is 0 Å². The lowest BCUT2D eigenvalue weighted by Gasteiger charge is -2.07. The highest BCUT2D eigenvalue weighted by Gasteiger charge is 2.08. The molecule has 2 rings (SSSR count). The number of rotatable bonds is 5. The molecule has 0 unspecified atom stereocenters. The molecule has 1 aromatic heterocycles. The Morgan fingerprint density at radius 3 is 2.63 bits per heavy atom. The van der Waals surface area contributed by atoms with E-state index in [9.17, 15) is 8.78 Å². The first-order valence-corrected chi connectivity index (χ1v) is 7.25. The van der Waals surface area contributed by atoms with Crippen LogP contribution in [0.25, 0.3) is 0 Å². The van der Waals surface area contributed by atoms with E-state index in [1.54, 1.807) is 11.8 Å². The molecule has 0 aliphatic rings. The topological polar surface area (TPSA) is 25.2 Å². The summed E-state index contributed by atoms with van der Waals surface area (Å²) in [4.78, 5) is 0. The number of benzene rings is 1. The summed E-state index contributed by atoms with van der Waals surface area (Å²) in [7, 11) is 0. The number of anilines is 1. The molecule has 0 radical (unpaired) electrons. The van der Waals surface area contributed by atoms with E-state index in [4.69, 9.17) is 4.42 Å². The van der Waals surface area contributed by atoms with E-state index >= 15 is 0 Å². The Morgan fingerprint density at radius 2 is 1.89 bits per heavy atom. The molecule has 0 aliphatic carbocycles. The zero-order valence-corrected chi connectivity index (χ0v) is 11.6. The molecular formula is C14H15F2NOS. The summed E-state index contributed by atoms with van der Waals surface area (Å²) >= 11 is 1.66. The van der Waals surface area contributed by atoms with Crippen molar-refractivity contribution >= 4 is 17.4 Å². The fraction of sp³-hybridized carbons (Fsp3) is 0.286. The highest BCUT2D eigenvalue weighted by molar-refractivity contribution is 7.97. The van der Waals surface area contributed by atoms with Crippen LogP contribution >= 0.6 is 11.8 Å². The van der Waals surface area contributed by atoms with Gasteiger partial charge in [-0.25, -0.2) is 8.78 Å². The SMILES string of the molecule is CSCc1ccc(CNc2cc(F)c(C)cc2F)o1. The van der Waals surface area contributed by atoms with E-state index in [0.717, 1.165) is 17.6 Å². The Hall–Kier alpha value is -1.49. The van der Waals surface area contributed by atoms with Crippen LogP contribution in [0.3, 0.4) is 0 Å². The van der Waals surface area contributed by atoms with Crippen LogP contribution in [0.2, 0.25) is 0 Å². The van der Waals surface area contributed by atoms with Crippen LogP contribution in [0, 0.1) is 18.6 Å². The molecule has 1 heterocycles. The van der Waals surface area contributed by atoms with Crippen LogP contribution < -0.4 is 5.32 Å². The van der Waals surface area contributed by atoms with Gasteiger partial charge in [-0.15, -0.1) is 0 Å². The van der Waals surface area contributed by atoms with Gasteiger partial charge in [0, 0.05) is 6.07 Å². The van der Waals surface area contributed by atoms with Gasteiger partial charge in [-0.05, 0) is 36.9 Å². The molecular weight excluding hydrogens is 268 g/mol. The van der Waals surface area contributed by atoms with Gasteiger partial charge in [-0.2, -0.15) is 11.8 Å². The van der Waals surface area contributed by atoms with Crippen molar-refractivity contribution in [3.8, 4) is 0 Å². The lowest BCUT2D eigenvalue weighted by Crippen LogP contribution is -2.02. The highest BCUT2D eigenvalue weighted by Crippen LogP contribution is 2.20. The first-order valence-electron chi connectivity index (χ1n) is 5.86. The Balaban J connectivity index is 2.03. The molecule has 0 spiro atoms. The van der Waals surface area contributed by atoms with Crippen molar-refractivity contribution in [1.82, 2.24) is 0 Å². The molecule has 0 atom stereocenters. The van der Waals surface area contributed by atoms with Crippen molar-refractivity contribution < 1.29 is 13.2 Å². The van der Waals surface area contributed by atoms with Gasteiger partial charge >= 0.3 is 0 Å². The Labute approximate surface area is 115 Å². The molecule has 5 heteroatoms. The fourth-order valence-corrected chi connectivity index (χ4v) is 2.14. The summed E-state index contributed by atoms with van der Waals surface area (Å²) in [6.45, 7) is 1.86. The average molecular weight is 283 g/mol. The third kappa shape index (κ3) is 3.50. The van der Waals surface area contributed by atoms with E-state index in [2.05, 4.69) is 5.32 Å². The van der Waals surface area contributed by atoms with Crippen LogP contribution in [0.1, 0.15) is 17.1 Å². The second-order valence-electron chi connectivity index (χ2n) is 4.24. The third-order valence-corrected chi connectivity index (χ3v) is 3.28. The molecule has 0 saturated carbocycles. The highest BCUT2D eigenvalue weighted by atomic mass is 32.2. The van der Waals surface area contributed by atoms with Gasteiger partial charge in [0.1, 0.15) is 23.2 Å². The minimum atomic E-state index is -0.463. The minimum absolute atomic E-state index is 0.144. The van der Waals surface area contributed by atoms with Gasteiger partial charge < -0.3 is 9.73 Å². The van der Waals surface area contributed by atoms with Crippen LogP contribution in [0.4, 0.5) is 14.5 Å². The Kier molecular flexibility index (Phi) is 4.47. The molecule has 0 aliphatic heterocycles. The van der Waals surface area contributed by atoms with Crippen LogP contribution in [-0.4, -0.2) is 6.26 Å². The van der Waals surface area contributed by atoms with Crippen molar-refractivity contribution in [2.75, 3.05) is 11.6 Å². The molecule has 0 fully saturated rings. The summed E-state index contributed by atoms with van der Waals surface area (Å²) in [6.07, 6.45) is 1.99. The van der Waals surface area contributed by atoms with Crippen molar-refractivity contribution in [2.45, 2.75) is 19.2 Å². The summed E-state index contributed by atoms with van der Waals surface area (Å²) < 4.78 is 32.5. The Morgan fingerprint density at radius 1 is 1.16 bits per heavy atom. The molecule has 0 amide bonds. The maximum atomic E-state index is 13.6. The first kappa shape index (κ1) is 13.9. The zero-order chi connectivity index (χ0) is 13.8. The van der Waals surface area contributed by atoms with Crippen molar-refractivity contribution in [3.05, 3.63) is 53.0 Å². The minimum Gasteiger partial charge on any atom is -0.463 e. The summed E-state index contributed by atoms with van der Waals surface area (Å²) in [5.74, 6) is 1.48. The second kappa shape index (κ2) is 6.10. The van der Waals surface area contributed by atoms with Gasteiger partial charge in [-0.1, -0.05) is 0 Å². The maximum Gasteiger partial charge on any atom is 0.146 e. The lowest BCUT2D eigenvalue weighted by molar-refractivity contribution is 0.487. The quantitative estimate of drug-likeness (QED) is 0.883. The van der Waals surface area contributed by atoms with Gasteiger partial charge in [0.2, 0.25) is 0 Å². The molecule has 2 nitrogen and oxygen atoms in total. The smallest absolute Gasteiger partial charge is 0.146 e. The van der Waals surface area contributed by atoms with Crippen molar-refractivity contribution in [3.63, 3.8) is 0 Å². The fourth-order valence-electron chi connectivity index (χ4n) is 1.70. The second-order valence-corrected chi connectivity index (χ2v) is 5.10. The van der Waals surface area contributed by atoms with E-state index < -0.39 is 11.6 Å². The first-order chi connectivity index (χ1) is 9.10. The predicted molar refractivity (Wildman–Crippen MR) is 74.3 cm³/mol. The molecule has 102 valence electrons. The van der Waals surface area contributed by atoms with E-state index in [1.165, 1.54) is 13.0 Å². The van der Waals surface area contributed by atoms with E-state index in [-0.39, 0.29) is 5.69 Å². The number of furan rings is 1. The number of aryl methyl sites for hydroxylation is 1. The third-order valence-electron chi connectivity index (χ3n) is 2.71. The molecule has 1 N–H and O–H groups in total. The number of nitrogens with one attached hydrogen (secondary N) is 1. The molecule has 19 heavy (non-hydrogen) atoms. The van der Waals surface area contributed by atoms with Crippen LogP contribution in [0.5, 0.6) is 0 Å². The molecule has 0 saturated heterocycles. The summed E-state index contributed by atoms with van der Waals surface area (Å²) in [5, 5.41) is 2.84. The molecule has 1 aromatic carbocycles.